The van der Waals surface area contributed by atoms with Crippen LogP contribution in [0, 0.1) is 12.3 Å². The summed E-state index contributed by atoms with van der Waals surface area (Å²) in [5.41, 5.74) is 1.97. The van der Waals surface area contributed by atoms with Crippen LogP contribution in [0.15, 0.2) is 18.2 Å². The highest BCUT2D eigenvalue weighted by Crippen LogP contribution is 2.22. The lowest BCUT2D eigenvalue weighted by atomic mass is 9.95. The van der Waals surface area contributed by atoms with Crippen LogP contribution in [-0.4, -0.2) is 12.3 Å². The molecule has 0 fully saturated rings. The van der Waals surface area contributed by atoms with Gasteiger partial charge in [-0.3, -0.25) is 9.59 Å². The van der Waals surface area contributed by atoms with E-state index in [-0.39, 0.29) is 5.91 Å². The molecule has 92 valence electrons. The molecular formula is C13H18N2O2. The Morgan fingerprint density at radius 1 is 1.29 bits per heavy atom. The van der Waals surface area contributed by atoms with Gasteiger partial charge in [-0.05, 0) is 30.7 Å². The lowest BCUT2D eigenvalue weighted by molar-refractivity contribution is -0.123. The number of carbonyl (C=O) groups excluding carboxylic acids is 2. The summed E-state index contributed by atoms with van der Waals surface area (Å²) in [6.07, 6.45) is 0.627. The standard InChI is InChI=1S/C13H18N2O2/c1-9-7-10(14-8-16)5-6-11(9)15-12(17)13(2,3)4/h5-8H,1-4H3,(H,14,16)(H,15,17). The van der Waals surface area contributed by atoms with Crippen molar-refractivity contribution in [3.05, 3.63) is 23.8 Å². The Balaban J connectivity index is 2.86. The van der Waals surface area contributed by atoms with E-state index in [2.05, 4.69) is 10.6 Å². The van der Waals surface area contributed by atoms with Crippen molar-refractivity contribution in [2.75, 3.05) is 10.6 Å². The fraction of sp³-hybridized carbons (Fsp3) is 0.385. The summed E-state index contributed by atoms with van der Waals surface area (Å²) in [5, 5.41) is 5.43. The van der Waals surface area contributed by atoms with Crippen molar-refractivity contribution >= 4 is 23.7 Å². The molecular weight excluding hydrogens is 216 g/mol. The van der Waals surface area contributed by atoms with E-state index in [0.29, 0.717) is 12.1 Å². The van der Waals surface area contributed by atoms with Crippen molar-refractivity contribution in [2.24, 2.45) is 5.41 Å². The van der Waals surface area contributed by atoms with Crippen LogP contribution < -0.4 is 10.6 Å². The van der Waals surface area contributed by atoms with E-state index >= 15 is 0 Å². The fourth-order valence-electron chi connectivity index (χ4n) is 1.27. The maximum absolute atomic E-state index is 11.8. The van der Waals surface area contributed by atoms with E-state index in [0.717, 1.165) is 11.3 Å². The molecule has 0 spiro atoms. The van der Waals surface area contributed by atoms with E-state index in [4.69, 9.17) is 0 Å². The molecule has 0 saturated carbocycles. The van der Waals surface area contributed by atoms with Crippen molar-refractivity contribution in [3.63, 3.8) is 0 Å². The second-order valence-electron chi connectivity index (χ2n) is 5.00. The molecule has 0 atom stereocenters. The van der Waals surface area contributed by atoms with E-state index in [9.17, 15) is 9.59 Å². The number of benzene rings is 1. The monoisotopic (exact) mass is 234 g/mol. The minimum absolute atomic E-state index is 0.0308. The largest absolute Gasteiger partial charge is 0.329 e. The van der Waals surface area contributed by atoms with Crippen LogP contribution in [0.5, 0.6) is 0 Å². The number of amides is 2. The summed E-state index contributed by atoms with van der Waals surface area (Å²) >= 11 is 0. The zero-order chi connectivity index (χ0) is 13.1. The SMILES string of the molecule is Cc1cc(NC=O)ccc1NC(=O)C(C)(C)C. The van der Waals surface area contributed by atoms with Crippen molar-refractivity contribution in [2.45, 2.75) is 27.7 Å². The van der Waals surface area contributed by atoms with Crippen LogP contribution in [-0.2, 0) is 9.59 Å². The molecule has 0 radical (unpaired) electrons. The first kappa shape index (κ1) is 13.2. The predicted octanol–water partition coefficient (Wildman–Crippen LogP) is 2.55. The number of nitrogens with one attached hydrogen (secondary N) is 2. The molecule has 2 amide bonds. The van der Waals surface area contributed by atoms with Crippen molar-refractivity contribution in [1.82, 2.24) is 0 Å². The summed E-state index contributed by atoms with van der Waals surface area (Å²) in [6.45, 7) is 7.47. The molecule has 0 aliphatic rings. The van der Waals surface area contributed by atoms with Crippen LogP contribution in [0.1, 0.15) is 26.3 Å². The van der Waals surface area contributed by atoms with E-state index in [1.807, 2.05) is 33.8 Å². The zero-order valence-electron chi connectivity index (χ0n) is 10.6. The quantitative estimate of drug-likeness (QED) is 0.790. The molecule has 1 aromatic carbocycles. The first-order valence-corrected chi connectivity index (χ1v) is 5.47. The van der Waals surface area contributed by atoms with Crippen molar-refractivity contribution in [1.29, 1.82) is 0 Å². The Kier molecular flexibility index (Phi) is 3.89. The van der Waals surface area contributed by atoms with Gasteiger partial charge in [-0.1, -0.05) is 20.8 Å². The third-order valence-corrected chi connectivity index (χ3v) is 2.38. The highest BCUT2D eigenvalue weighted by atomic mass is 16.2. The predicted molar refractivity (Wildman–Crippen MR) is 69.0 cm³/mol. The Morgan fingerprint density at radius 3 is 2.41 bits per heavy atom. The van der Waals surface area contributed by atoms with Gasteiger partial charge in [0.05, 0.1) is 0 Å². The van der Waals surface area contributed by atoms with E-state index < -0.39 is 5.41 Å². The van der Waals surface area contributed by atoms with Gasteiger partial charge in [0.25, 0.3) is 0 Å². The molecule has 0 bridgehead atoms. The number of anilines is 2. The maximum Gasteiger partial charge on any atom is 0.229 e. The molecule has 0 aliphatic heterocycles. The lowest BCUT2D eigenvalue weighted by Crippen LogP contribution is -2.27. The molecule has 1 aromatic rings. The summed E-state index contributed by atoms with van der Waals surface area (Å²) in [4.78, 5) is 22.1. The third kappa shape index (κ3) is 3.59. The Labute approximate surface area is 101 Å². The van der Waals surface area contributed by atoms with E-state index in [1.165, 1.54) is 0 Å². The van der Waals surface area contributed by atoms with Gasteiger partial charge in [0.1, 0.15) is 0 Å². The summed E-state index contributed by atoms with van der Waals surface area (Å²) in [6, 6.07) is 5.34. The smallest absolute Gasteiger partial charge is 0.229 e. The average Bonchev–Trinajstić information content (AvgIpc) is 2.21. The average molecular weight is 234 g/mol. The number of hydrogen-bond acceptors (Lipinski definition) is 2. The Bertz CT molecular complexity index is 434. The normalized spacial score (nSPS) is 10.8. The molecule has 0 unspecified atom stereocenters. The summed E-state index contributed by atoms with van der Waals surface area (Å²) in [7, 11) is 0. The summed E-state index contributed by atoms with van der Waals surface area (Å²) in [5.74, 6) is -0.0308. The molecule has 4 heteroatoms. The number of carbonyl (C=O) groups is 2. The molecule has 0 heterocycles. The second kappa shape index (κ2) is 4.99. The van der Waals surface area contributed by atoms with Crippen LogP contribution in [0.2, 0.25) is 0 Å². The number of hydrogen-bond donors (Lipinski definition) is 2. The van der Waals surface area contributed by atoms with Gasteiger partial charge < -0.3 is 10.6 Å². The van der Waals surface area contributed by atoms with Gasteiger partial charge in [-0.2, -0.15) is 0 Å². The maximum atomic E-state index is 11.8. The zero-order valence-corrected chi connectivity index (χ0v) is 10.6. The highest BCUT2D eigenvalue weighted by molar-refractivity contribution is 5.95. The number of aryl methyl sites for hydroxylation is 1. The van der Waals surface area contributed by atoms with Crippen molar-refractivity contribution in [3.8, 4) is 0 Å². The molecule has 1 rings (SSSR count). The molecule has 0 aromatic heterocycles. The minimum Gasteiger partial charge on any atom is -0.329 e. The molecule has 0 saturated heterocycles. The highest BCUT2D eigenvalue weighted by Gasteiger charge is 2.21. The van der Waals surface area contributed by atoms with Crippen LogP contribution in [0.25, 0.3) is 0 Å². The van der Waals surface area contributed by atoms with Gasteiger partial charge in [-0.15, -0.1) is 0 Å². The lowest BCUT2D eigenvalue weighted by Gasteiger charge is -2.19. The fourth-order valence-corrected chi connectivity index (χ4v) is 1.27. The summed E-state index contributed by atoms with van der Waals surface area (Å²) < 4.78 is 0. The van der Waals surface area contributed by atoms with Crippen LogP contribution in [0.3, 0.4) is 0 Å². The van der Waals surface area contributed by atoms with Gasteiger partial charge in [0, 0.05) is 16.8 Å². The van der Waals surface area contributed by atoms with Gasteiger partial charge in [0.15, 0.2) is 0 Å². The Hall–Kier alpha value is -1.84. The van der Waals surface area contributed by atoms with Gasteiger partial charge in [0.2, 0.25) is 12.3 Å². The van der Waals surface area contributed by atoms with E-state index in [1.54, 1.807) is 12.1 Å². The Morgan fingerprint density at radius 2 is 1.94 bits per heavy atom. The molecule has 17 heavy (non-hydrogen) atoms. The molecule has 0 aliphatic carbocycles. The first-order chi connectivity index (χ1) is 7.84. The van der Waals surface area contributed by atoms with Gasteiger partial charge in [-0.25, -0.2) is 0 Å². The van der Waals surface area contributed by atoms with Crippen molar-refractivity contribution < 1.29 is 9.59 Å². The first-order valence-electron chi connectivity index (χ1n) is 5.47. The second-order valence-corrected chi connectivity index (χ2v) is 5.00. The van der Waals surface area contributed by atoms with Crippen LogP contribution in [0.4, 0.5) is 11.4 Å². The minimum atomic E-state index is -0.424. The van der Waals surface area contributed by atoms with Gasteiger partial charge >= 0.3 is 0 Å². The number of rotatable bonds is 3. The molecule has 4 nitrogen and oxygen atoms in total. The topological polar surface area (TPSA) is 58.2 Å². The third-order valence-electron chi connectivity index (χ3n) is 2.38. The van der Waals surface area contributed by atoms with Crippen LogP contribution >= 0.6 is 0 Å². The molecule has 2 N–H and O–H groups in total.